The molecule has 116 valence electrons. The van der Waals surface area contributed by atoms with E-state index in [0.29, 0.717) is 12.7 Å². The normalized spacial score (nSPS) is 12.6. The van der Waals surface area contributed by atoms with Gasteiger partial charge in [0, 0.05) is 30.6 Å². The van der Waals surface area contributed by atoms with Crippen LogP contribution in [0.1, 0.15) is 5.56 Å². The number of aliphatic carboxylic acids is 1. The van der Waals surface area contributed by atoms with E-state index in [1.807, 2.05) is 42.1 Å². The summed E-state index contributed by atoms with van der Waals surface area (Å²) in [5, 5.41) is 9.86. The highest BCUT2D eigenvalue weighted by Crippen LogP contribution is 2.21. The number of fused-ring (bicyclic) bond motifs is 1. The Morgan fingerprint density at radius 1 is 1.38 bits per heavy atom. The number of nitrogens with two attached hydrogens (primary N) is 1. The van der Waals surface area contributed by atoms with Gasteiger partial charge in [-0.05, 0) is 11.6 Å². The summed E-state index contributed by atoms with van der Waals surface area (Å²) >= 11 is 0. The minimum Gasteiger partial charge on any atom is -0.480 e. The number of nitrogens with zero attached hydrogens (tertiary/aromatic N) is 1. The number of hydrogen-bond donors (Lipinski definition) is 3. The van der Waals surface area contributed by atoms with Crippen molar-refractivity contribution in [3.05, 3.63) is 36.0 Å². The van der Waals surface area contributed by atoms with Gasteiger partial charge in [-0.2, -0.15) is 8.42 Å². The van der Waals surface area contributed by atoms with E-state index in [-0.39, 0.29) is 0 Å². The van der Waals surface area contributed by atoms with Crippen LogP contribution in [0, 0.1) is 0 Å². The smallest absolute Gasteiger partial charge is 0.320 e. The number of aryl methyl sites for hydroxylation is 1. The Balaban J connectivity index is 0.000000383. The summed E-state index contributed by atoms with van der Waals surface area (Å²) in [6, 6.07) is 7.05. The highest BCUT2D eigenvalue weighted by atomic mass is 32.2. The molecule has 2 aromatic rings. The lowest BCUT2D eigenvalue weighted by molar-refractivity contribution is -0.138. The van der Waals surface area contributed by atoms with Crippen molar-refractivity contribution >= 4 is 27.0 Å². The van der Waals surface area contributed by atoms with Crippen LogP contribution < -0.4 is 5.73 Å². The molecule has 21 heavy (non-hydrogen) atoms. The largest absolute Gasteiger partial charge is 0.480 e. The van der Waals surface area contributed by atoms with Gasteiger partial charge in [-0.15, -0.1) is 0 Å². The van der Waals surface area contributed by atoms with Gasteiger partial charge in [0.25, 0.3) is 10.1 Å². The van der Waals surface area contributed by atoms with Gasteiger partial charge in [-0.1, -0.05) is 18.2 Å². The van der Waals surface area contributed by atoms with Gasteiger partial charge in [-0.25, -0.2) is 0 Å². The second-order valence-electron chi connectivity index (χ2n) is 4.66. The molecule has 1 atom stereocenters. The van der Waals surface area contributed by atoms with Crippen LogP contribution in [0.15, 0.2) is 30.5 Å². The molecule has 1 aromatic carbocycles. The van der Waals surface area contributed by atoms with Gasteiger partial charge >= 0.3 is 5.97 Å². The van der Waals surface area contributed by atoms with Crippen molar-refractivity contribution in [2.24, 2.45) is 12.8 Å². The summed E-state index contributed by atoms with van der Waals surface area (Å²) in [5.41, 5.74) is 7.61. The van der Waals surface area contributed by atoms with Crippen molar-refractivity contribution in [1.82, 2.24) is 4.57 Å². The molecule has 0 amide bonds. The molecule has 0 bridgehead atoms. The van der Waals surface area contributed by atoms with Crippen molar-refractivity contribution in [2.45, 2.75) is 12.5 Å². The molecule has 0 spiro atoms. The monoisotopic (exact) mass is 314 g/mol. The lowest BCUT2D eigenvalue weighted by Gasteiger charge is -2.04. The highest BCUT2D eigenvalue weighted by molar-refractivity contribution is 7.85. The van der Waals surface area contributed by atoms with Crippen LogP contribution >= 0.6 is 0 Å². The minimum atomic E-state index is -3.67. The second kappa shape index (κ2) is 6.70. The Morgan fingerprint density at radius 3 is 2.43 bits per heavy atom. The quantitative estimate of drug-likeness (QED) is 0.714. The molecule has 0 unspecified atom stereocenters. The van der Waals surface area contributed by atoms with Crippen molar-refractivity contribution in [2.75, 3.05) is 6.26 Å². The van der Waals surface area contributed by atoms with Crippen LogP contribution in [-0.4, -0.2) is 40.9 Å². The first-order valence-electron chi connectivity index (χ1n) is 6.03. The third-order valence-electron chi connectivity index (χ3n) is 2.74. The maximum atomic E-state index is 10.7. The third-order valence-corrected chi connectivity index (χ3v) is 2.74. The van der Waals surface area contributed by atoms with Gasteiger partial charge in [-0.3, -0.25) is 9.35 Å². The fraction of sp³-hybridized carbons (Fsp3) is 0.308. The lowest BCUT2D eigenvalue weighted by atomic mass is 10.1. The van der Waals surface area contributed by atoms with Gasteiger partial charge in [0.05, 0.1) is 6.26 Å². The Hall–Kier alpha value is -1.90. The zero-order chi connectivity index (χ0) is 16.2. The molecule has 0 radical (unpaired) electrons. The maximum absolute atomic E-state index is 10.7. The number of rotatable bonds is 3. The first-order valence-corrected chi connectivity index (χ1v) is 7.88. The molecule has 0 aliphatic rings. The summed E-state index contributed by atoms with van der Waals surface area (Å²) < 4.78 is 27.9. The standard InChI is InChI=1S/C12H14N2O2.CH4O3S/c1-14-7-8(6-10(13)12(15)16)9-4-2-3-5-11(9)14;1-5(2,3)4/h2-5,7,10H,6,13H2,1H3,(H,15,16);1H3,(H,2,3,4)/t10-;/m1./s1. The SMILES string of the molecule is CS(=O)(=O)O.Cn1cc(C[C@@H](N)C(=O)O)c2ccccc21. The fourth-order valence-electron chi connectivity index (χ4n) is 1.91. The molecule has 0 fully saturated rings. The lowest BCUT2D eigenvalue weighted by Crippen LogP contribution is -2.32. The van der Waals surface area contributed by atoms with Crippen molar-refractivity contribution in [3.63, 3.8) is 0 Å². The van der Waals surface area contributed by atoms with E-state index < -0.39 is 22.1 Å². The van der Waals surface area contributed by atoms with E-state index in [2.05, 4.69) is 0 Å². The predicted molar refractivity (Wildman–Crippen MR) is 79.7 cm³/mol. The van der Waals surface area contributed by atoms with Gasteiger partial charge < -0.3 is 15.4 Å². The molecule has 0 aliphatic heterocycles. The van der Waals surface area contributed by atoms with Gasteiger partial charge in [0.1, 0.15) is 6.04 Å². The number of carboxylic acid groups (broad SMARTS) is 1. The maximum Gasteiger partial charge on any atom is 0.320 e. The molecule has 0 saturated heterocycles. The summed E-state index contributed by atoms with van der Waals surface area (Å²) in [5.74, 6) is -0.965. The van der Waals surface area contributed by atoms with Crippen LogP contribution in [0.4, 0.5) is 0 Å². The Morgan fingerprint density at radius 2 is 1.90 bits per heavy atom. The molecule has 0 aliphatic carbocycles. The average molecular weight is 314 g/mol. The van der Waals surface area contributed by atoms with Crippen molar-refractivity contribution in [3.8, 4) is 0 Å². The summed E-state index contributed by atoms with van der Waals surface area (Å²) in [4.78, 5) is 10.7. The number of aromatic nitrogens is 1. The van der Waals surface area contributed by atoms with Crippen molar-refractivity contribution in [1.29, 1.82) is 0 Å². The molecule has 1 aromatic heterocycles. The van der Waals surface area contributed by atoms with E-state index in [0.717, 1.165) is 16.5 Å². The first kappa shape index (κ1) is 17.2. The van der Waals surface area contributed by atoms with Crippen LogP contribution in [0.25, 0.3) is 10.9 Å². The summed E-state index contributed by atoms with van der Waals surface area (Å²) in [7, 11) is -1.72. The van der Waals surface area contributed by atoms with Crippen LogP contribution in [0.5, 0.6) is 0 Å². The molecule has 1 heterocycles. The molecule has 0 saturated carbocycles. The summed E-state index contributed by atoms with van der Waals surface area (Å²) in [6.45, 7) is 0. The Bertz CT molecular complexity index is 728. The molecule has 8 heteroatoms. The average Bonchev–Trinajstić information content (AvgIpc) is 2.65. The van der Waals surface area contributed by atoms with Crippen LogP contribution in [0.3, 0.4) is 0 Å². The Labute approximate surface area is 122 Å². The molecule has 7 nitrogen and oxygen atoms in total. The number of para-hydroxylation sites is 1. The molecule has 2 rings (SSSR count). The molecular weight excluding hydrogens is 296 g/mol. The third kappa shape index (κ3) is 5.54. The molecular formula is C13H18N2O5S. The van der Waals surface area contributed by atoms with E-state index >= 15 is 0 Å². The van der Waals surface area contributed by atoms with E-state index in [1.54, 1.807) is 0 Å². The van der Waals surface area contributed by atoms with Gasteiger partial charge in [0.15, 0.2) is 0 Å². The topological polar surface area (TPSA) is 123 Å². The predicted octanol–water partition coefficient (Wildman–Crippen LogP) is 0.637. The van der Waals surface area contributed by atoms with E-state index in [1.165, 1.54) is 0 Å². The fourth-order valence-corrected chi connectivity index (χ4v) is 1.91. The number of benzene rings is 1. The second-order valence-corrected chi connectivity index (χ2v) is 6.13. The van der Waals surface area contributed by atoms with Crippen molar-refractivity contribution < 1.29 is 22.9 Å². The van der Waals surface area contributed by atoms with Crippen LogP contribution in [-0.2, 0) is 28.4 Å². The number of carbonyl (C=O) groups is 1. The zero-order valence-electron chi connectivity index (χ0n) is 11.7. The number of carboxylic acids is 1. The minimum absolute atomic E-state index is 0.358. The van der Waals surface area contributed by atoms with Gasteiger partial charge in [0.2, 0.25) is 0 Å². The van der Waals surface area contributed by atoms with E-state index in [4.69, 9.17) is 15.4 Å². The number of hydrogen-bond acceptors (Lipinski definition) is 4. The summed E-state index contributed by atoms with van der Waals surface area (Å²) in [6.07, 6.45) is 3.01. The Kier molecular flexibility index (Phi) is 5.47. The highest BCUT2D eigenvalue weighted by Gasteiger charge is 2.15. The van der Waals surface area contributed by atoms with E-state index in [9.17, 15) is 13.2 Å². The zero-order valence-corrected chi connectivity index (χ0v) is 12.5. The first-order chi connectivity index (χ1) is 9.59. The van der Waals surface area contributed by atoms with Crippen LogP contribution in [0.2, 0.25) is 0 Å². The molecule has 4 N–H and O–H groups in total.